The number of hydrogen-bond acceptors (Lipinski definition) is 8. The Morgan fingerprint density at radius 1 is 1.07 bits per heavy atom. The lowest BCUT2D eigenvalue weighted by Crippen LogP contribution is -2.39. The lowest BCUT2D eigenvalue weighted by molar-refractivity contribution is -0.138. The number of carboxylic acids is 1. The number of para-hydroxylation sites is 1. The smallest absolute Gasteiger partial charge is 0.326 e. The molecule has 2 aliphatic rings. The van der Waals surface area contributed by atoms with Gasteiger partial charge in [-0.3, -0.25) is 4.79 Å². The van der Waals surface area contributed by atoms with E-state index in [2.05, 4.69) is 37.6 Å². The van der Waals surface area contributed by atoms with Crippen molar-refractivity contribution in [2.75, 3.05) is 49.9 Å². The van der Waals surface area contributed by atoms with Gasteiger partial charge in [-0.05, 0) is 75.3 Å². The van der Waals surface area contributed by atoms with Crippen LogP contribution in [0.2, 0.25) is 0 Å². The summed E-state index contributed by atoms with van der Waals surface area (Å²) in [5.74, 6) is 0.862. The molecule has 0 radical (unpaired) electrons. The number of aliphatic carboxylic acids is 1. The van der Waals surface area contributed by atoms with Crippen LogP contribution < -0.4 is 10.6 Å². The van der Waals surface area contributed by atoms with Crippen molar-refractivity contribution in [3.63, 3.8) is 0 Å². The van der Waals surface area contributed by atoms with Crippen LogP contribution in [0, 0.1) is 0 Å². The van der Waals surface area contributed by atoms with E-state index >= 15 is 0 Å². The van der Waals surface area contributed by atoms with Crippen molar-refractivity contribution in [1.82, 2.24) is 24.8 Å². The lowest BCUT2D eigenvalue weighted by atomic mass is 10.1. The first-order valence-electron chi connectivity index (χ1n) is 14.5. The molecular weight excluding hydrogens is 506 g/mol. The number of hydrogen-bond donors (Lipinski definition) is 3. The van der Waals surface area contributed by atoms with Crippen molar-refractivity contribution in [2.24, 2.45) is 0 Å². The van der Waals surface area contributed by atoms with E-state index in [1.807, 2.05) is 29.2 Å². The summed E-state index contributed by atoms with van der Waals surface area (Å²) in [4.78, 5) is 42.0. The Hall–Kier alpha value is -3.79. The minimum absolute atomic E-state index is 0.216. The molecule has 1 saturated heterocycles. The van der Waals surface area contributed by atoms with E-state index in [4.69, 9.17) is 4.98 Å². The third-order valence-corrected chi connectivity index (χ3v) is 7.85. The molecule has 212 valence electrons. The summed E-state index contributed by atoms with van der Waals surface area (Å²) in [6.07, 6.45) is 8.54. The Morgan fingerprint density at radius 2 is 1.98 bits per heavy atom. The van der Waals surface area contributed by atoms with Crippen molar-refractivity contribution in [2.45, 2.75) is 57.4 Å². The second-order valence-corrected chi connectivity index (χ2v) is 10.7. The summed E-state index contributed by atoms with van der Waals surface area (Å²) in [5, 5.41) is 17.3. The quantitative estimate of drug-likeness (QED) is 0.261. The molecule has 1 fully saturated rings. The number of pyridine rings is 1. The third kappa shape index (κ3) is 7.24. The average molecular weight is 546 g/mol. The van der Waals surface area contributed by atoms with E-state index in [1.165, 1.54) is 11.9 Å². The van der Waals surface area contributed by atoms with Crippen LogP contribution in [0.4, 0.5) is 11.6 Å². The highest BCUT2D eigenvalue weighted by molar-refractivity contribution is 5.90. The Bertz CT molecular complexity index is 1310. The van der Waals surface area contributed by atoms with Gasteiger partial charge in [-0.2, -0.15) is 0 Å². The molecule has 1 atom stereocenters. The summed E-state index contributed by atoms with van der Waals surface area (Å²) in [6.45, 7) is 4.65. The number of unbranched alkanes of at least 4 members (excludes halogenated alkanes) is 1. The van der Waals surface area contributed by atoms with Crippen LogP contribution in [0.5, 0.6) is 0 Å². The fraction of sp³-hybridized carbons (Fsp3) is 0.500. The predicted octanol–water partition coefficient (Wildman–Crippen LogP) is 3.59. The van der Waals surface area contributed by atoms with E-state index in [9.17, 15) is 14.7 Å². The summed E-state index contributed by atoms with van der Waals surface area (Å²) in [6, 6.07) is 11.1. The normalized spacial score (nSPS) is 15.7. The number of aromatic nitrogens is 3. The third-order valence-electron chi connectivity index (χ3n) is 7.85. The van der Waals surface area contributed by atoms with Crippen molar-refractivity contribution < 1.29 is 14.7 Å². The topological polar surface area (TPSA) is 124 Å². The first kappa shape index (κ1) is 27.8. The van der Waals surface area contributed by atoms with E-state index in [1.54, 1.807) is 0 Å². The van der Waals surface area contributed by atoms with Crippen molar-refractivity contribution >= 4 is 34.4 Å². The van der Waals surface area contributed by atoms with Crippen LogP contribution in [0.1, 0.15) is 49.8 Å². The van der Waals surface area contributed by atoms with Crippen LogP contribution in [-0.4, -0.2) is 87.0 Å². The molecule has 2 aliphatic heterocycles. The van der Waals surface area contributed by atoms with Gasteiger partial charge in [0.05, 0.1) is 5.52 Å². The maximum absolute atomic E-state index is 12.2. The number of benzene rings is 1. The zero-order valence-corrected chi connectivity index (χ0v) is 23.0. The number of aryl methyl sites for hydroxylation is 2. The van der Waals surface area contributed by atoms with Gasteiger partial charge in [0.1, 0.15) is 24.0 Å². The van der Waals surface area contributed by atoms with Crippen LogP contribution in [0.15, 0.2) is 42.7 Å². The second kappa shape index (κ2) is 13.5. The Kier molecular flexibility index (Phi) is 9.38. The van der Waals surface area contributed by atoms with Gasteiger partial charge in [-0.15, -0.1) is 0 Å². The average Bonchev–Trinajstić information content (AvgIpc) is 3.39. The molecule has 40 heavy (non-hydrogen) atoms. The van der Waals surface area contributed by atoms with Crippen LogP contribution in [0.3, 0.4) is 0 Å². The highest BCUT2D eigenvalue weighted by Gasteiger charge is 2.23. The number of nitrogens with zero attached hydrogens (tertiary/aromatic N) is 5. The molecule has 5 rings (SSSR count). The zero-order chi connectivity index (χ0) is 27.7. The predicted molar refractivity (Wildman–Crippen MR) is 155 cm³/mol. The molecule has 3 N–H and O–H groups in total. The van der Waals surface area contributed by atoms with E-state index in [0.29, 0.717) is 31.7 Å². The molecular formula is C30H39N7O3. The Morgan fingerprint density at radius 3 is 2.83 bits per heavy atom. The second-order valence-electron chi connectivity index (χ2n) is 10.7. The van der Waals surface area contributed by atoms with Crippen molar-refractivity contribution in [3.05, 3.63) is 54.0 Å². The van der Waals surface area contributed by atoms with E-state index in [-0.39, 0.29) is 5.91 Å². The van der Waals surface area contributed by atoms with Gasteiger partial charge in [0, 0.05) is 50.2 Å². The molecule has 10 heteroatoms. The molecule has 0 bridgehead atoms. The molecule has 0 spiro atoms. The molecule has 0 saturated carbocycles. The van der Waals surface area contributed by atoms with Crippen LogP contribution in [0.25, 0.3) is 10.9 Å². The lowest BCUT2D eigenvalue weighted by Gasteiger charge is -2.27. The maximum atomic E-state index is 12.2. The number of amides is 1. The standard InChI is InChI=1S/C30H39N7O3/c38-27-11-6-17-37(27)20-19-36(16-4-3-8-23-13-12-22-7-5-15-31-28(22)34-23)18-14-26(30(39)40)35-29-24-9-1-2-10-25(24)32-21-33-29/h1-2,9-10,12-13,21,26H,3-8,11,14-20H2,(H,31,34)(H,39,40)(H,32,33,35). The van der Waals surface area contributed by atoms with Gasteiger partial charge < -0.3 is 25.5 Å². The fourth-order valence-electron chi connectivity index (χ4n) is 5.54. The van der Waals surface area contributed by atoms with Gasteiger partial charge in [0.2, 0.25) is 5.91 Å². The minimum atomic E-state index is -0.913. The van der Waals surface area contributed by atoms with Crippen molar-refractivity contribution in [1.29, 1.82) is 0 Å². The number of carbonyl (C=O) groups excluding carboxylic acids is 1. The molecule has 10 nitrogen and oxygen atoms in total. The van der Waals surface area contributed by atoms with Gasteiger partial charge >= 0.3 is 5.97 Å². The summed E-state index contributed by atoms with van der Waals surface area (Å²) in [7, 11) is 0. The summed E-state index contributed by atoms with van der Waals surface area (Å²) >= 11 is 0. The molecule has 1 unspecified atom stereocenters. The monoisotopic (exact) mass is 545 g/mol. The van der Waals surface area contributed by atoms with Crippen LogP contribution >= 0.6 is 0 Å². The molecule has 4 heterocycles. The highest BCUT2D eigenvalue weighted by Crippen LogP contribution is 2.21. The number of carbonyl (C=O) groups is 2. The number of anilines is 2. The van der Waals surface area contributed by atoms with Gasteiger partial charge in [-0.1, -0.05) is 18.2 Å². The van der Waals surface area contributed by atoms with E-state index in [0.717, 1.165) is 87.1 Å². The van der Waals surface area contributed by atoms with Gasteiger partial charge in [0.25, 0.3) is 0 Å². The number of rotatable bonds is 14. The zero-order valence-electron chi connectivity index (χ0n) is 23.0. The summed E-state index contributed by atoms with van der Waals surface area (Å²) < 4.78 is 0. The fourth-order valence-corrected chi connectivity index (χ4v) is 5.54. The maximum Gasteiger partial charge on any atom is 0.326 e. The highest BCUT2D eigenvalue weighted by atomic mass is 16.4. The van der Waals surface area contributed by atoms with Crippen LogP contribution in [-0.2, 0) is 22.4 Å². The molecule has 3 aromatic rings. The number of carboxylic acid groups (broad SMARTS) is 1. The molecule has 1 aromatic carbocycles. The first-order valence-corrected chi connectivity index (χ1v) is 14.5. The number of nitrogens with one attached hydrogen (secondary N) is 2. The Balaban J connectivity index is 1.17. The minimum Gasteiger partial charge on any atom is -0.480 e. The number of likely N-dealkylation sites (tertiary alicyclic amines) is 1. The largest absolute Gasteiger partial charge is 0.480 e. The molecule has 2 aromatic heterocycles. The van der Waals surface area contributed by atoms with Gasteiger partial charge in [-0.25, -0.2) is 19.7 Å². The van der Waals surface area contributed by atoms with E-state index < -0.39 is 12.0 Å². The molecule has 1 amide bonds. The SMILES string of the molecule is O=C(O)C(CCN(CCCCc1ccc2c(n1)NCCC2)CCN1CCCC1=O)Nc1ncnc2ccccc12. The summed E-state index contributed by atoms with van der Waals surface area (Å²) in [5.41, 5.74) is 3.18. The first-order chi connectivity index (χ1) is 19.6. The van der Waals surface area contributed by atoms with Crippen molar-refractivity contribution in [3.8, 4) is 0 Å². The Labute approximate surface area is 235 Å². The van der Waals surface area contributed by atoms with Gasteiger partial charge in [0.15, 0.2) is 0 Å². The number of fused-ring (bicyclic) bond motifs is 2. The molecule has 0 aliphatic carbocycles.